The van der Waals surface area contributed by atoms with Crippen LogP contribution in [0.2, 0.25) is 0 Å². The number of carbonyl (C=O) groups excluding carboxylic acids is 2. The summed E-state index contributed by atoms with van der Waals surface area (Å²) in [6.07, 6.45) is 0. The predicted molar refractivity (Wildman–Crippen MR) is 74.2 cm³/mol. The topological polar surface area (TPSA) is 93.5 Å². The highest BCUT2D eigenvalue weighted by Crippen LogP contribution is 2.21. The number of thiophene rings is 1. The van der Waals surface area contributed by atoms with Gasteiger partial charge in [0.15, 0.2) is 0 Å². The third-order valence-electron chi connectivity index (χ3n) is 2.33. The second kappa shape index (κ2) is 6.20. The molecule has 106 valence electrons. The first-order chi connectivity index (χ1) is 9.61. The van der Waals surface area contributed by atoms with Crippen molar-refractivity contribution in [2.24, 2.45) is 0 Å². The van der Waals surface area contributed by atoms with Gasteiger partial charge >= 0.3 is 12.0 Å². The molecule has 0 bridgehead atoms. The van der Waals surface area contributed by atoms with Gasteiger partial charge in [-0.2, -0.15) is 0 Å². The zero-order chi connectivity index (χ0) is 14.5. The number of rotatable bonds is 4. The molecule has 0 fully saturated rings. The first-order valence-electron chi connectivity index (χ1n) is 5.86. The number of aryl methyl sites for hydroxylation is 1. The maximum Gasteiger partial charge on any atom is 0.345 e. The molecule has 2 aromatic rings. The number of esters is 1. The van der Waals surface area contributed by atoms with Crippen molar-refractivity contribution >= 4 is 34.2 Å². The molecule has 0 saturated heterocycles. The average molecular weight is 295 g/mol. The lowest BCUT2D eigenvalue weighted by molar-refractivity contribution is 0.0526. The van der Waals surface area contributed by atoms with Gasteiger partial charge in [0.1, 0.15) is 5.56 Å². The molecular weight excluding hydrogens is 282 g/mol. The highest BCUT2D eigenvalue weighted by atomic mass is 32.1. The van der Waals surface area contributed by atoms with Crippen molar-refractivity contribution in [1.82, 2.24) is 5.16 Å². The number of nitrogens with one attached hydrogen (secondary N) is 2. The van der Waals surface area contributed by atoms with Crippen LogP contribution in [-0.4, -0.2) is 23.8 Å². The Kier molecular flexibility index (Phi) is 4.36. The molecule has 2 heterocycles. The largest absolute Gasteiger partial charge is 0.462 e. The van der Waals surface area contributed by atoms with E-state index >= 15 is 0 Å². The summed E-state index contributed by atoms with van der Waals surface area (Å²) in [5.74, 6) is -0.618. The van der Waals surface area contributed by atoms with Gasteiger partial charge < -0.3 is 9.26 Å². The highest BCUT2D eigenvalue weighted by Gasteiger charge is 2.23. The van der Waals surface area contributed by atoms with E-state index in [0.29, 0.717) is 10.7 Å². The minimum Gasteiger partial charge on any atom is -0.462 e. The van der Waals surface area contributed by atoms with Crippen molar-refractivity contribution in [3.8, 4) is 0 Å². The Hall–Kier alpha value is -2.35. The van der Waals surface area contributed by atoms with Crippen LogP contribution >= 0.6 is 11.3 Å². The second-order valence-corrected chi connectivity index (χ2v) is 4.70. The molecular formula is C12H13N3O4S. The van der Waals surface area contributed by atoms with Crippen molar-refractivity contribution in [3.05, 3.63) is 28.8 Å². The number of anilines is 2. The quantitative estimate of drug-likeness (QED) is 0.846. The Morgan fingerprint density at radius 2 is 2.25 bits per heavy atom. The fraction of sp³-hybridized carbons (Fsp3) is 0.250. The van der Waals surface area contributed by atoms with Gasteiger partial charge in [-0.3, -0.25) is 10.6 Å². The Labute approximate surface area is 118 Å². The summed E-state index contributed by atoms with van der Waals surface area (Å²) in [4.78, 5) is 23.5. The van der Waals surface area contributed by atoms with E-state index in [1.165, 1.54) is 11.3 Å². The maximum atomic E-state index is 11.8. The van der Waals surface area contributed by atoms with Crippen LogP contribution in [0.4, 0.5) is 15.7 Å². The van der Waals surface area contributed by atoms with Crippen LogP contribution in [0.3, 0.4) is 0 Å². The van der Waals surface area contributed by atoms with Gasteiger partial charge in [0.25, 0.3) is 0 Å². The number of urea groups is 1. The van der Waals surface area contributed by atoms with Crippen LogP contribution in [0, 0.1) is 6.92 Å². The predicted octanol–water partition coefficient (Wildman–Crippen LogP) is 2.87. The molecule has 8 heteroatoms. The minimum absolute atomic E-state index is 0.0324. The number of aromatic nitrogens is 1. The second-order valence-electron chi connectivity index (χ2n) is 3.75. The molecule has 0 atom stereocenters. The number of ether oxygens (including phenoxy) is 1. The van der Waals surface area contributed by atoms with E-state index in [1.54, 1.807) is 19.9 Å². The molecule has 0 aliphatic carbocycles. The van der Waals surface area contributed by atoms with Crippen molar-refractivity contribution in [3.63, 3.8) is 0 Å². The van der Waals surface area contributed by atoms with Gasteiger partial charge in [0.2, 0.25) is 5.88 Å². The van der Waals surface area contributed by atoms with Gasteiger partial charge in [0.05, 0.1) is 17.3 Å². The van der Waals surface area contributed by atoms with Gasteiger partial charge in [-0.25, -0.2) is 9.59 Å². The zero-order valence-corrected chi connectivity index (χ0v) is 11.7. The lowest BCUT2D eigenvalue weighted by Gasteiger charge is -2.05. The minimum atomic E-state index is -0.585. The van der Waals surface area contributed by atoms with Crippen molar-refractivity contribution in [1.29, 1.82) is 0 Å². The first-order valence-corrected chi connectivity index (χ1v) is 6.74. The Bertz CT molecular complexity index is 606. The van der Waals surface area contributed by atoms with Gasteiger partial charge in [-0.1, -0.05) is 5.16 Å². The van der Waals surface area contributed by atoms with Crippen LogP contribution in [0.1, 0.15) is 23.0 Å². The highest BCUT2D eigenvalue weighted by molar-refractivity contribution is 7.14. The van der Waals surface area contributed by atoms with E-state index in [4.69, 9.17) is 9.26 Å². The smallest absolute Gasteiger partial charge is 0.345 e. The summed E-state index contributed by atoms with van der Waals surface area (Å²) in [6, 6.07) is 3.04. The van der Waals surface area contributed by atoms with Gasteiger partial charge in [0, 0.05) is 0 Å². The lowest BCUT2D eigenvalue weighted by atomic mass is 10.2. The zero-order valence-electron chi connectivity index (χ0n) is 10.9. The summed E-state index contributed by atoms with van der Waals surface area (Å²) in [7, 11) is 0. The summed E-state index contributed by atoms with van der Waals surface area (Å²) >= 11 is 1.38. The number of carbonyl (C=O) groups is 2. The number of amides is 2. The third-order valence-corrected chi connectivity index (χ3v) is 3.11. The lowest BCUT2D eigenvalue weighted by Crippen LogP contribution is -2.20. The van der Waals surface area contributed by atoms with E-state index in [0.717, 1.165) is 0 Å². The SMILES string of the molecule is CCOC(=O)c1c(C)noc1NC(=O)Nc1cccs1. The van der Waals surface area contributed by atoms with Crippen molar-refractivity contribution < 1.29 is 18.8 Å². The Morgan fingerprint density at radius 3 is 2.90 bits per heavy atom. The normalized spacial score (nSPS) is 10.1. The van der Waals surface area contributed by atoms with E-state index in [-0.39, 0.29) is 18.1 Å². The number of hydrogen-bond acceptors (Lipinski definition) is 6. The molecule has 2 amide bonds. The molecule has 0 aliphatic rings. The molecule has 0 saturated carbocycles. The molecule has 7 nitrogen and oxygen atoms in total. The number of hydrogen-bond donors (Lipinski definition) is 2. The molecule has 0 radical (unpaired) electrons. The van der Waals surface area contributed by atoms with Crippen LogP contribution in [0.5, 0.6) is 0 Å². The van der Waals surface area contributed by atoms with E-state index in [1.807, 2.05) is 11.4 Å². The van der Waals surface area contributed by atoms with E-state index in [9.17, 15) is 9.59 Å². The van der Waals surface area contributed by atoms with Crippen LogP contribution in [0.25, 0.3) is 0 Å². The third kappa shape index (κ3) is 3.15. The summed E-state index contributed by atoms with van der Waals surface area (Å²) < 4.78 is 9.82. The number of nitrogens with zero attached hydrogens (tertiary/aromatic N) is 1. The standard InChI is InChI=1S/C12H13N3O4S/c1-3-18-11(16)9-7(2)15-19-10(9)14-12(17)13-8-5-4-6-20-8/h4-6H,3H2,1-2H3,(H2,13,14,17). The molecule has 2 N–H and O–H groups in total. The van der Waals surface area contributed by atoms with Crippen LogP contribution in [-0.2, 0) is 4.74 Å². The molecule has 0 unspecified atom stereocenters. The van der Waals surface area contributed by atoms with E-state index in [2.05, 4.69) is 15.8 Å². The Balaban J connectivity index is 2.09. The fourth-order valence-electron chi connectivity index (χ4n) is 1.49. The average Bonchev–Trinajstić information content (AvgIpc) is 3.00. The van der Waals surface area contributed by atoms with Crippen LogP contribution < -0.4 is 10.6 Å². The van der Waals surface area contributed by atoms with Crippen molar-refractivity contribution in [2.75, 3.05) is 17.2 Å². The molecule has 0 aliphatic heterocycles. The molecule has 20 heavy (non-hydrogen) atoms. The van der Waals surface area contributed by atoms with Gasteiger partial charge in [-0.05, 0) is 31.4 Å². The summed E-state index contributed by atoms with van der Waals surface area (Å²) in [6.45, 7) is 3.51. The maximum absolute atomic E-state index is 11.8. The fourth-order valence-corrected chi connectivity index (χ4v) is 2.11. The van der Waals surface area contributed by atoms with Crippen molar-refractivity contribution in [2.45, 2.75) is 13.8 Å². The monoisotopic (exact) mass is 295 g/mol. The summed E-state index contributed by atoms with van der Waals surface area (Å²) in [5, 5.41) is 11.2. The van der Waals surface area contributed by atoms with Gasteiger partial charge in [-0.15, -0.1) is 11.3 Å². The Morgan fingerprint density at radius 1 is 1.45 bits per heavy atom. The molecule has 0 aromatic carbocycles. The molecule has 0 spiro atoms. The van der Waals surface area contributed by atoms with E-state index < -0.39 is 12.0 Å². The molecule has 2 rings (SSSR count). The van der Waals surface area contributed by atoms with Crippen LogP contribution in [0.15, 0.2) is 22.0 Å². The summed E-state index contributed by atoms with van der Waals surface area (Å²) in [5.41, 5.74) is 0.475. The first kappa shape index (κ1) is 14.1. The molecule has 2 aromatic heterocycles.